The lowest BCUT2D eigenvalue weighted by atomic mass is 10.2. The standard InChI is InChI=1S/C17H22NO.C13H8Cl2N2O4/c1-18(2,15-16-9-5-3-6-10-16)13-14-19-17-11-7-4-8-12-17;14-7-1-4-12(18)9(5-7)13(19)16-11-3-2-8(17(20)21)6-10(11)15/h3-12H,13-15H2,1-2H3;1-6,18H,(H,16,19)/q+1;. The molecule has 1 amide bonds. The summed E-state index contributed by atoms with van der Waals surface area (Å²) in [4.78, 5) is 22.0. The number of halogens is 2. The summed E-state index contributed by atoms with van der Waals surface area (Å²) in [6, 6.07) is 28.2. The fourth-order valence-corrected chi connectivity index (χ4v) is 4.08. The van der Waals surface area contributed by atoms with Gasteiger partial charge in [0.1, 0.15) is 31.2 Å². The van der Waals surface area contributed by atoms with E-state index < -0.39 is 10.8 Å². The van der Waals surface area contributed by atoms with Crippen molar-refractivity contribution in [1.82, 2.24) is 0 Å². The molecule has 208 valence electrons. The normalized spacial score (nSPS) is 10.7. The highest BCUT2D eigenvalue weighted by molar-refractivity contribution is 6.34. The molecule has 0 aliphatic rings. The van der Waals surface area contributed by atoms with Crippen molar-refractivity contribution in [3.8, 4) is 11.5 Å². The third-order valence-corrected chi connectivity index (χ3v) is 6.32. The Morgan fingerprint density at radius 2 is 1.60 bits per heavy atom. The Balaban J connectivity index is 0.000000222. The maximum absolute atomic E-state index is 12.0. The van der Waals surface area contributed by atoms with Crippen LogP contribution in [0.1, 0.15) is 15.9 Å². The van der Waals surface area contributed by atoms with Gasteiger partial charge in [0.05, 0.1) is 35.3 Å². The number of nitro benzene ring substituents is 1. The average molecular weight is 583 g/mol. The van der Waals surface area contributed by atoms with Gasteiger partial charge in [-0.15, -0.1) is 0 Å². The molecule has 0 spiro atoms. The van der Waals surface area contributed by atoms with Crippen LogP contribution in [0.2, 0.25) is 10.0 Å². The summed E-state index contributed by atoms with van der Waals surface area (Å²) < 4.78 is 6.69. The minimum atomic E-state index is -0.634. The Morgan fingerprint density at radius 3 is 2.23 bits per heavy atom. The number of nitrogens with one attached hydrogen (secondary N) is 1. The van der Waals surface area contributed by atoms with E-state index in [1.165, 1.54) is 35.9 Å². The third-order valence-electron chi connectivity index (χ3n) is 5.78. The van der Waals surface area contributed by atoms with E-state index in [0.29, 0.717) is 0 Å². The maximum atomic E-state index is 12.0. The molecule has 2 N–H and O–H groups in total. The predicted molar refractivity (Wildman–Crippen MR) is 158 cm³/mol. The molecule has 0 bridgehead atoms. The van der Waals surface area contributed by atoms with E-state index in [2.05, 4.69) is 49.7 Å². The van der Waals surface area contributed by atoms with Gasteiger partial charge in [-0.05, 0) is 36.4 Å². The zero-order valence-electron chi connectivity index (χ0n) is 22.1. The molecule has 0 saturated carbocycles. The number of phenols is 1. The van der Waals surface area contributed by atoms with Crippen molar-refractivity contribution in [3.63, 3.8) is 0 Å². The summed E-state index contributed by atoms with van der Waals surface area (Å²) >= 11 is 11.6. The van der Waals surface area contributed by atoms with Gasteiger partial charge in [0.25, 0.3) is 11.6 Å². The smallest absolute Gasteiger partial charge is 0.271 e. The zero-order valence-corrected chi connectivity index (χ0v) is 23.6. The summed E-state index contributed by atoms with van der Waals surface area (Å²) in [6.45, 7) is 2.76. The van der Waals surface area contributed by atoms with Crippen molar-refractivity contribution in [2.45, 2.75) is 6.54 Å². The van der Waals surface area contributed by atoms with E-state index in [4.69, 9.17) is 27.9 Å². The molecule has 4 aromatic rings. The SMILES string of the molecule is C[N+](C)(CCOc1ccccc1)Cc1ccccc1.O=C(Nc1ccc([N+](=O)[O-])cc1Cl)c1cc(Cl)ccc1O. The van der Waals surface area contributed by atoms with Gasteiger partial charge in [0.2, 0.25) is 0 Å². The molecule has 0 aliphatic heterocycles. The number of nitrogens with zero attached hydrogens (tertiary/aromatic N) is 2. The fourth-order valence-electron chi connectivity index (χ4n) is 3.68. The number of nitro groups is 1. The van der Waals surface area contributed by atoms with Gasteiger partial charge in [-0.2, -0.15) is 0 Å². The Kier molecular flexibility index (Phi) is 10.9. The largest absolute Gasteiger partial charge is 0.507 e. The van der Waals surface area contributed by atoms with E-state index in [-0.39, 0.29) is 32.7 Å². The van der Waals surface area contributed by atoms with Crippen LogP contribution in [0.3, 0.4) is 0 Å². The third kappa shape index (κ3) is 9.57. The van der Waals surface area contributed by atoms with Gasteiger partial charge in [0.15, 0.2) is 0 Å². The monoisotopic (exact) mass is 582 g/mol. The van der Waals surface area contributed by atoms with Crippen LogP contribution in [0.5, 0.6) is 11.5 Å². The van der Waals surface area contributed by atoms with Crippen LogP contribution in [0.4, 0.5) is 11.4 Å². The minimum absolute atomic E-state index is 0.0130. The summed E-state index contributed by atoms with van der Waals surface area (Å²) in [7, 11) is 4.47. The van der Waals surface area contributed by atoms with Crippen molar-refractivity contribution in [2.75, 3.05) is 32.6 Å². The molecule has 10 heteroatoms. The number of carbonyl (C=O) groups excluding carboxylic acids is 1. The number of aromatic hydroxyl groups is 1. The Morgan fingerprint density at radius 1 is 0.950 bits per heavy atom. The number of anilines is 1. The quantitative estimate of drug-likeness (QED) is 0.123. The number of hydrogen-bond donors (Lipinski definition) is 2. The van der Waals surface area contributed by atoms with Crippen LogP contribution in [-0.2, 0) is 6.54 Å². The second-order valence-electron chi connectivity index (χ2n) is 9.50. The summed E-state index contributed by atoms with van der Waals surface area (Å²) in [5, 5.41) is 23.0. The number of carbonyl (C=O) groups is 1. The maximum Gasteiger partial charge on any atom is 0.271 e. The summed E-state index contributed by atoms with van der Waals surface area (Å²) in [5.74, 6) is 0.0721. The topological polar surface area (TPSA) is 102 Å². The molecule has 40 heavy (non-hydrogen) atoms. The molecule has 0 radical (unpaired) electrons. The first-order chi connectivity index (χ1) is 19.0. The van der Waals surface area contributed by atoms with Crippen molar-refractivity contribution in [1.29, 1.82) is 0 Å². The molecular formula is C30H30Cl2N3O5+. The fraction of sp³-hybridized carbons (Fsp3) is 0.167. The van der Waals surface area contributed by atoms with Gasteiger partial charge in [-0.25, -0.2) is 0 Å². The molecule has 0 unspecified atom stereocenters. The molecule has 8 nitrogen and oxygen atoms in total. The molecule has 4 rings (SSSR count). The van der Waals surface area contributed by atoms with Crippen LogP contribution in [-0.4, -0.2) is 47.7 Å². The number of rotatable bonds is 9. The van der Waals surface area contributed by atoms with E-state index >= 15 is 0 Å². The number of quaternary nitrogens is 1. The van der Waals surface area contributed by atoms with Crippen LogP contribution in [0.15, 0.2) is 97.1 Å². The van der Waals surface area contributed by atoms with Crippen LogP contribution < -0.4 is 10.1 Å². The van der Waals surface area contributed by atoms with Crippen LogP contribution in [0, 0.1) is 10.1 Å². The first-order valence-electron chi connectivity index (χ1n) is 12.3. The van der Waals surface area contributed by atoms with Crippen molar-refractivity contribution in [3.05, 3.63) is 128 Å². The number of non-ortho nitro benzene ring substituents is 1. The molecular weight excluding hydrogens is 553 g/mol. The molecule has 0 saturated heterocycles. The predicted octanol–water partition coefficient (Wildman–Crippen LogP) is 7.20. The lowest BCUT2D eigenvalue weighted by Gasteiger charge is -2.29. The second kappa shape index (κ2) is 14.3. The Bertz CT molecular complexity index is 1430. The molecule has 0 aromatic heterocycles. The second-order valence-corrected chi connectivity index (χ2v) is 10.3. The number of para-hydroxylation sites is 1. The first-order valence-corrected chi connectivity index (χ1v) is 13.1. The number of ether oxygens (including phenoxy) is 1. The van der Waals surface area contributed by atoms with Crippen molar-refractivity contribution >= 4 is 40.5 Å². The van der Waals surface area contributed by atoms with Gasteiger partial charge < -0.3 is 19.6 Å². The van der Waals surface area contributed by atoms with Crippen LogP contribution >= 0.6 is 23.2 Å². The van der Waals surface area contributed by atoms with E-state index in [0.717, 1.165) is 36.0 Å². The van der Waals surface area contributed by atoms with Crippen molar-refractivity contribution in [2.24, 2.45) is 0 Å². The molecule has 0 aliphatic carbocycles. The van der Waals surface area contributed by atoms with Gasteiger partial charge >= 0.3 is 0 Å². The number of amides is 1. The van der Waals surface area contributed by atoms with E-state index in [9.17, 15) is 20.0 Å². The minimum Gasteiger partial charge on any atom is -0.507 e. The van der Waals surface area contributed by atoms with Crippen molar-refractivity contribution < 1.29 is 24.0 Å². The van der Waals surface area contributed by atoms with E-state index in [1.54, 1.807) is 0 Å². The number of phenolic OH excluding ortho intramolecular Hbond substituents is 1. The van der Waals surface area contributed by atoms with Gasteiger partial charge in [-0.3, -0.25) is 14.9 Å². The zero-order chi connectivity index (χ0) is 29.1. The lowest BCUT2D eigenvalue weighted by molar-refractivity contribution is -0.903. The molecule has 0 heterocycles. The number of benzene rings is 4. The molecule has 0 fully saturated rings. The highest BCUT2D eigenvalue weighted by Gasteiger charge is 2.16. The Labute approximate surface area is 243 Å². The Hall–Kier alpha value is -4.11. The number of hydrogen-bond acceptors (Lipinski definition) is 5. The summed E-state index contributed by atoms with van der Waals surface area (Å²) in [5.41, 5.74) is 1.33. The highest BCUT2D eigenvalue weighted by Crippen LogP contribution is 2.28. The average Bonchev–Trinajstić information content (AvgIpc) is 2.92. The lowest BCUT2D eigenvalue weighted by Crippen LogP contribution is -2.41. The molecule has 4 aromatic carbocycles. The number of likely N-dealkylation sites (N-methyl/N-ethyl adjacent to an activating group) is 1. The van der Waals surface area contributed by atoms with Gasteiger partial charge in [0, 0.05) is 22.7 Å². The first kappa shape index (κ1) is 30.4. The van der Waals surface area contributed by atoms with Gasteiger partial charge in [-0.1, -0.05) is 71.7 Å². The highest BCUT2D eigenvalue weighted by atomic mass is 35.5. The molecule has 0 atom stereocenters. The summed E-state index contributed by atoms with van der Waals surface area (Å²) in [6.07, 6.45) is 0. The van der Waals surface area contributed by atoms with E-state index in [1.807, 2.05) is 30.3 Å². The van der Waals surface area contributed by atoms with Crippen LogP contribution in [0.25, 0.3) is 0 Å².